The number of aromatic nitrogens is 2. The predicted molar refractivity (Wildman–Crippen MR) is 105 cm³/mol. The van der Waals surface area contributed by atoms with Gasteiger partial charge in [-0.3, -0.25) is 4.79 Å². The van der Waals surface area contributed by atoms with Crippen LogP contribution in [0.15, 0.2) is 22.7 Å². The summed E-state index contributed by atoms with van der Waals surface area (Å²) in [4.78, 5) is 19.0. The zero-order chi connectivity index (χ0) is 22.5. The molecule has 3 aliphatic rings. The van der Waals surface area contributed by atoms with Gasteiger partial charge in [0.05, 0.1) is 11.5 Å². The molecule has 0 spiro atoms. The molecule has 0 radical (unpaired) electrons. The largest absolute Gasteiger partial charge is 0.491 e. The number of amides is 1. The molecule has 3 heterocycles. The van der Waals surface area contributed by atoms with Crippen LogP contribution in [0.4, 0.5) is 13.2 Å². The van der Waals surface area contributed by atoms with Crippen molar-refractivity contribution in [2.75, 3.05) is 19.8 Å². The van der Waals surface area contributed by atoms with Crippen LogP contribution in [0.3, 0.4) is 0 Å². The number of benzene rings is 1. The highest BCUT2D eigenvalue weighted by atomic mass is 19.4. The smallest absolute Gasteiger partial charge is 0.471 e. The van der Waals surface area contributed by atoms with Crippen molar-refractivity contribution in [1.82, 2.24) is 15.0 Å². The van der Waals surface area contributed by atoms with Crippen molar-refractivity contribution in [3.8, 4) is 17.1 Å². The van der Waals surface area contributed by atoms with Gasteiger partial charge in [0.15, 0.2) is 0 Å². The first-order chi connectivity index (χ1) is 15.2. The van der Waals surface area contributed by atoms with Crippen LogP contribution in [0.5, 0.6) is 5.75 Å². The molecular formula is C22H24F3N3O4. The van der Waals surface area contributed by atoms with E-state index in [1.807, 2.05) is 11.8 Å². The highest BCUT2D eigenvalue weighted by Crippen LogP contribution is 2.42. The van der Waals surface area contributed by atoms with Gasteiger partial charge in [-0.15, -0.1) is 0 Å². The fourth-order valence-corrected chi connectivity index (χ4v) is 4.46. The molecule has 5 rings (SSSR count). The molecule has 0 bridgehead atoms. The third-order valence-corrected chi connectivity index (χ3v) is 6.68. The van der Waals surface area contributed by atoms with E-state index in [1.54, 1.807) is 18.2 Å². The number of fused-ring (bicyclic) bond motifs is 1. The Balaban J connectivity index is 1.43. The maximum atomic E-state index is 13.6. The second-order valence-corrected chi connectivity index (χ2v) is 9.07. The summed E-state index contributed by atoms with van der Waals surface area (Å²) < 4.78 is 54.3. The van der Waals surface area contributed by atoms with E-state index in [9.17, 15) is 18.0 Å². The molecule has 7 nitrogen and oxygen atoms in total. The van der Waals surface area contributed by atoms with Crippen LogP contribution in [0.25, 0.3) is 11.4 Å². The minimum atomic E-state index is -4.70. The van der Waals surface area contributed by atoms with Gasteiger partial charge in [-0.25, -0.2) is 0 Å². The average Bonchev–Trinajstić information content (AvgIpc) is 3.50. The number of rotatable bonds is 3. The van der Waals surface area contributed by atoms with Gasteiger partial charge in [0, 0.05) is 30.9 Å². The number of ether oxygens (including phenoxy) is 2. The lowest BCUT2D eigenvalue weighted by atomic mass is 9.80. The van der Waals surface area contributed by atoms with Gasteiger partial charge in [0.2, 0.25) is 11.7 Å². The van der Waals surface area contributed by atoms with Gasteiger partial charge in [-0.2, -0.15) is 18.2 Å². The van der Waals surface area contributed by atoms with E-state index < -0.39 is 17.5 Å². The van der Waals surface area contributed by atoms with Gasteiger partial charge in [-0.1, -0.05) is 24.2 Å². The molecule has 172 valence electrons. The second kappa shape index (κ2) is 7.75. The normalized spacial score (nSPS) is 23.2. The molecule has 1 aromatic carbocycles. The molecular weight excluding hydrogens is 427 g/mol. The van der Waals surface area contributed by atoms with Crippen molar-refractivity contribution in [3.63, 3.8) is 0 Å². The number of hydrogen-bond donors (Lipinski definition) is 0. The third kappa shape index (κ3) is 3.96. The zero-order valence-electron chi connectivity index (χ0n) is 17.7. The van der Waals surface area contributed by atoms with Crippen LogP contribution in [-0.4, -0.2) is 46.8 Å². The Kier molecular flexibility index (Phi) is 5.15. The van der Waals surface area contributed by atoms with E-state index in [-0.39, 0.29) is 17.8 Å². The lowest BCUT2D eigenvalue weighted by Gasteiger charge is -2.39. The van der Waals surface area contributed by atoms with E-state index in [4.69, 9.17) is 9.47 Å². The molecule has 2 aliphatic heterocycles. The Morgan fingerprint density at radius 2 is 1.97 bits per heavy atom. The monoisotopic (exact) mass is 451 g/mol. The first-order valence-corrected chi connectivity index (χ1v) is 10.8. The minimum Gasteiger partial charge on any atom is -0.491 e. The average molecular weight is 451 g/mol. The van der Waals surface area contributed by atoms with Gasteiger partial charge in [-0.05, 0) is 37.7 Å². The number of halogens is 3. The molecule has 1 aromatic heterocycles. The van der Waals surface area contributed by atoms with Crippen molar-refractivity contribution in [2.24, 2.45) is 11.3 Å². The van der Waals surface area contributed by atoms with E-state index in [0.717, 1.165) is 18.4 Å². The van der Waals surface area contributed by atoms with Gasteiger partial charge in [0.1, 0.15) is 12.4 Å². The lowest BCUT2D eigenvalue weighted by molar-refractivity contribution is -0.159. The zero-order valence-corrected chi connectivity index (χ0v) is 17.7. The lowest BCUT2D eigenvalue weighted by Crippen LogP contribution is -2.51. The summed E-state index contributed by atoms with van der Waals surface area (Å²) in [6.07, 6.45) is -1.21. The van der Waals surface area contributed by atoms with Crippen LogP contribution < -0.4 is 4.74 Å². The van der Waals surface area contributed by atoms with Crippen LogP contribution in [0.1, 0.15) is 44.1 Å². The molecule has 0 unspecified atom stereocenters. The summed E-state index contributed by atoms with van der Waals surface area (Å²) in [7, 11) is 0. The molecule has 0 N–H and O–H groups in total. The molecule has 1 aliphatic carbocycles. The van der Waals surface area contributed by atoms with Gasteiger partial charge in [0.25, 0.3) is 0 Å². The van der Waals surface area contributed by atoms with Crippen molar-refractivity contribution in [1.29, 1.82) is 0 Å². The Bertz CT molecular complexity index is 1010. The molecule has 2 aromatic rings. The SMILES string of the molecule is CC1(C(=O)N2Cc3ccc(-c4noc(C(F)(F)F)n4)cc3OC[C@@H]2C2CC2)CCOCC1. The molecule has 1 atom stereocenters. The van der Waals surface area contributed by atoms with Gasteiger partial charge < -0.3 is 18.9 Å². The number of alkyl halides is 3. The van der Waals surface area contributed by atoms with Crippen LogP contribution in [0.2, 0.25) is 0 Å². The molecule has 1 saturated heterocycles. The van der Waals surface area contributed by atoms with E-state index in [1.165, 1.54) is 0 Å². The van der Waals surface area contributed by atoms with Crippen LogP contribution >= 0.6 is 0 Å². The fourth-order valence-electron chi connectivity index (χ4n) is 4.46. The first-order valence-electron chi connectivity index (χ1n) is 10.8. The quantitative estimate of drug-likeness (QED) is 0.700. The van der Waals surface area contributed by atoms with E-state index in [0.29, 0.717) is 56.4 Å². The summed E-state index contributed by atoms with van der Waals surface area (Å²) in [5.41, 5.74) is 0.705. The molecule has 32 heavy (non-hydrogen) atoms. The Labute approximate surface area is 182 Å². The molecule has 1 saturated carbocycles. The Hall–Kier alpha value is -2.62. The van der Waals surface area contributed by atoms with Crippen molar-refractivity contribution in [2.45, 2.75) is 51.4 Å². The highest BCUT2D eigenvalue weighted by molar-refractivity contribution is 5.83. The van der Waals surface area contributed by atoms with Crippen molar-refractivity contribution >= 4 is 5.91 Å². The van der Waals surface area contributed by atoms with Crippen molar-refractivity contribution in [3.05, 3.63) is 29.7 Å². The number of carbonyl (C=O) groups is 1. The Morgan fingerprint density at radius 1 is 1.22 bits per heavy atom. The number of hydrogen-bond acceptors (Lipinski definition) is 6. The van der Waals surface area contributed by atoms with Gasteiger partial charge >= 0.3 is 12.1 Å². The van der Waals surface area contributed by atoms with Crippen LogP contribution in [0, 0.1) is 11.3 Å². The topological polar surface area (TPSA) is 77.7 Å². The summed E-state index contributed by atoms with van der Waals surface area (Å²) in [5, 5.41) is 3.45. The summed E-state index contributed by atoms with van der Waals surface area (Å²) in [5.74, 6) is -0.499. The standard InChI is InChI=1S/C22H24F3N3O4/c1-21(6-8-30-9-7-21)20(29)28-11-15-5-4-14(18-26-19(32-27-18)22(23,24)25)10-17(15)31-12-16(28)13-2-3-13/h4-5,10,13,16H,2-3,6-9,11-12H2,1H3/t16-/m1/s1. The maximum Gasteiger partial charge on any atom is 0.471 e. The molecule has 2 fully saturated rings. The summed E-state index contributed by atoms with van der Waals surface area (Å²) in [6, 6.07) is 4.98. The first kappa shape index (κ1) is 21.2. The predicted octanol–water partition coefficient (Wildman–Crippen LogP) is 4.07. The highest BCUT2D eigenvalue weighted by Gasteiger charge is 2.45. The number of nitrogens with zero attached hydrogens (tertiary/aromatic N) is 3. The van der Waals surface area contributed by atoms with E-state index >= 15 is 0 Å². The third-order valence-electron chi connectivity index (χ3n) is 6.68. The van der Waals surface area contributed by atoms with E-state index in [2.05, 4.69) is 14.7 Å². The Morgan fingerprint density at radius 3 is 2.62 bits per heavy atom. The minimum absolute atomic E-state index is 0.0278. The fraction of sp³-hybridized carbons (Fsp3) is 0.591. The van der Waals surface area contributed by atoms with Crippen molar-refractivity contribution < 1.29 is 32.0 Å². The maximum absolute atomic E-state index is 13.6. The summed E-state index contributed by atoms with van der Waals surface area (Å²) >= 11 is 0. The number of carbonyl (C=O) groups excluding carboxylic acids is 1. The second-order valence-electron chi connectivity index (χ2n) is 9.07. The summed E-state index contributed by atoms with van der Waals surface area (Å²) in [6.45, 7) is 3.90. The molecule has 10 heteroatoms. The van der Waals surface area contributed by atoms with Crippen LogP contribution in [-0.2, 0) is 22.3 Å². The molecule has 1 amide bonds.